The summed E-state index contributed by atoms with van der Waals surface area (Å²) >= 11 is 0. The number of ether oxygens (including phenoxy) is 4. The third-order valence-electron chi connectivity index (χ3n) is 5.44. The molecule has 3 heterocycles. The first-order chi connectivity index (χ1) is 16.6. The maximum atomic E-state index is 11.6. The highest BCUT2D eigenvalue weighted by Gasteiger charge is 2.11. The second kappa shape index (κ2) is 16.7. The van der Waals surface area contributed by atoms with Gasteiger partial charge in [-0.1, -0.05) is 0 Å². The van der Waals surface area contributed by atoms with Crippen LogP contribution >= 0.6 is 0 Å². The Morgan fingerprint density at radius 1 is 0.412 bits per heavy atom. The third kappa shape index (κ3) is 11.8. The quantitative estimate of drug-likeness (QED) is 0.389. The molecule has 1 aromatic rings. The molecule has 188 valence electrons. The molecule has 8 heteroatoms. The fraction of sp³-hybridized carbons (Fsp3) is 0.615. The predicted molar refractivity (Wildman–Crippen MR) is 124 cm³/mol. The van der Waals surface area contributed by atoms with Gasteiger partial charge in [-0.3, -0.25) is 9.59 Å². The summed E-state index contributed by atoms with van der Waals surface area (Å²) in [5.41, 5.74) is 0.923. The highest BCUT2D eigenvalue weighted by Crippen LogP contribution is 2.11. The van der Waals surface area contributed by atoms with E-state index in [1.807, 2.05) is 0 Å². The maximum absolute atomic E-state index is 11.6. The number of benzene rings is 1. The van der Waals surface area contributed by atoms with Gasteiger partial charge >= 0.3 is 23.9 Å². The van der Waals surface area contributed by atoms with Crippen LogP contribution in [0.25, 0.3) is 0 Å². The molecule has 1 fully saturated rings. The van der Waals surface area contributed by atoms with Gasteiger partial charge in [-0.25, -0.2) is 9.59 Å². The molecule has 3 aliphatic heterocycles. The average Bonchev–Trinajstić information content (AvgIpc) is 2.84. The number of esters is 4. The van der Waals surface area contributed by atoms with Crippen molar-refractivity contribution in [2.75, 3.05) is 26.4 Å². The van der Waals surface area contributed by atoms with E-state index < -0.39 is 0 Å². The van der Waals surface area contributed by atoms with Crippen molar-refractivity contribution in [1.82, 2.24) is 0 Å². The first-order valence-corrected chi connectivity index (χ1v) is 12.3. The molecule has 0 N–H and O–H groups in total. The molecule has 0 aromatic heterocycles. The van der Waals surface area contributed by atoms with Crippen molar-refractivity contribution in [3.8, 4) is 0 Å². The second-order valence-corrected chi connectivity index (χ2v) is 8.33. The molecule has 3 aliphatic rings. The van der Waals surface area contributed by atoms with Crippen molar-refractivity contribution in [3.63, 3.8) is 0 Å². The van der Waals surface area contributed by atoms with E-state index in [0.29, 0.717) is 63.2 Å². The largest absolute Gasteiger partial charge is 0.466 e. The van der Waals surface area contributed by atoms with Crippen LogP contribution in [0.2, 0.25) is 0 Å². The number of fused-ring (bicyclic) bond motifs is 11. The second-order valence-electron chi connectivity index (χ2n) is 8.33. The summed E-state index contributed by atoms with van der Waals surface area (Å²) in [6, 6.07) is 6.35. The van der Waals surface area contributed by atoms with Gasteiger partial charge in [-0.05, 0) is 88.5 Å². The number of hydrogen-bond donors (Lipinski definition) is 0. The summed E-state index contributed by atoms with van der Waals surface area (Å²) in [6.45, 7) is 1.94. The third-order valence-corrected chi connectivity index (χ3v) is 5.44. The van der Waals surface area contributed by atoms with Gasteiger partial charge < -0.3 is 18.9 Å². The SMILES string of the molecule is O=C1CCCCC(=O)OCCCCCCO1.O=C1OCCCCCCOC(=O)c2ccc1cc2. The molecule has 0 amide bonds. The normalized spacial score (nSPS) is 19.6. The molecule has 0 unspecified atom stereocenters. The van der Waals surface area contributed by atoms with Crippen LogP contribution in [0, 0.1) is 0 Å². The maximum Gasteiger partial charge on any atom is 0.338 e. The Balaban J connectivity index is 0.000000242. The van der Waals surface area contributed by atoms with E-state index in [-0.39, 0.29) is 23.9 Å². The van der Waals surface area contributed by atoms with Crippen LogP contribution in [0.3, 0.4) is 0 Å². The Hall–Kier alpha value is -2.90. The Morgan fingerprint density at radius 3 is 1.09 bits per heavy atom. The van der Waals surface area contributed by atoms with Crippen LogP contribution in [0.1, 0.15) is 97.8 Å². The molecule has 8 nitrogen and oxygen atoms in total. The summed E-state index contributed by atoms with van der Waals surface area (Å²) < 4.78 is 20.4. The zero-order valence-corrected chi connectivity index (χ0v) is 19.9. The standard InChI is InChI=1S/C14H16O4.C12H20O4/c15-13-11-5-7-12(8-6-11)14(16)18-10-4-2-1-3-9-17-13;13-11-7-3-4-8-12(14)16-10-6-2-1-5-9-15-11/h5-8H,1-4,9-10H2;1-10H2. The topological polar surface area (TPSA) is 105 Å². The fourth-order valence-electron chi connectivity index (χ4n) is 3.41. The van der Waals surface area contributed by atoms with Crippen LogP contribution in [0.5, 0.6) is 0 Å². The van der Waals surface area contributed by atoms with Crippen molar-refractivity contribution in [2.45, 2.75) is 77.0 Å². The van der Waals surface area contributed by atoms with E-state index >= 15 is 0 Å². The van der Waals surface area contributed by atoms with Gasteiger partial charge in [0, 0.05) is 12.8 Å². The zero-order chi connectivity index (χ0) is 24.4. The van der Waals surface area contributed by atoms with Crippen molar-refractivity contribution >= 4 is 23.9 Å². The van der Waals surface area contributed by atoms with Crippen molar-refractivity contribution in [3.05, 3.63) is 35.4 Å². The summed E-state index contributed by atoms with van der Waals surface area (Å²) in [4.78, 5) is 45.7. The van der Waals surface area contributed by atoms with Crippen molar-refractivity contribution in [2.24, 2.45) is 0 Å². The van der Waals surface area contributed by atoms with Crippen LogP contribution in [0.4, 0.5) is 0 Å². The van der Waals surface area contributed by atoms with E-state index in [9.17, 15) is 19.2 Å². The van der Waals surface area contributed by atoms with E-state index in [2.05, 4.69) is 0 Å². The highest BCUT2D eigenvalue weighted by atomic mass is 16.5. The van der Waals surface area contributed by atoms with E-state index in [0.717, 1.165) is 51.4 Å². The van der Waals surface area contributed by atoms with Gasteiger partial charge in [0.1, 0.15) is 0 Å². The van der Waals surface area contributed by atoms with Gasteiger partial charge in [0.2, 0.25) is 0 Å². The number of carbonyl (C=O) groups is 4. The van der Waals surface area contributed by atoms with Gasteiger partial charge in [0.25, 0.3) is 0 Å². The molecule has 0 radical (unpaired) electrons. The number of cyclic esters (lactones) is 2. The average molecular weight is 477 g/mol. The summed E-state index contributed by atoms with van der Waals surface area (Å²) in [7, 11) is 0. The Kier molecular flexibility index (Phi) is 13.4. The number of carbonyl (C=O) groups excluding carboxylic acids is 4. The minimum Gasteiger partial charge on any atom is -0.466 e. The van der Waals surface area contributed by atoms with Crippen molar-refractivity contribution in [1.29, 1.82) is 0 Å². The highest BCUT2D eigenvalue weighted by molar-refractivity contribution is 5.93. The molecular weight excluding hydrogens is 440 g/mol. The minimum atomic E-state index is -0.341. The summed E-state index contributed by atoms with van der Waals surface area (Å²) in [5, 5.41) is 0. The first kappa shape index (κ1) is 27.3. The molecule has 34 heavy (non-hydrogen) atoms. The summed E-state index contributed by atoms with van der Waals surface area (Å²) in [5.74, 6) is -0.977. The van der Waals surface area contributed by atoms with Gasteiger partial charge in [0.05, 0.1) is 37.6 Å². The molecule has 0 spiro atoms. The molecule has 0 atom stereocenters. The Bertz CT molecular complexity index is 707. The lowest BCUT2D eigenvalue weighted by Crippen LogP contribution is -2.10. The smallest absolute Gasteiger partial charge is 0.338 e. The van der Waals surface area contributed by atoms with Gasteiger partial charge in [0.15, 0.2) is 0 Å². The Morgan fingerprint density at radius 2 is 0.735 bits per heavy atom. The van der Waals surface area contributed by atoms with Crippen LogP contribution in [-0.2, 0) is 28.5 Å². The van der Waals surface area contributed by atoms with E-state index in [1.165, 1.54) is 0 Å². The molecule has 1 aromatic carbocycles. The van der Waals surface area contributed by atoms with Gasteiger partial charge in [-0.15, -0.1) is 0 Å². The van der Waals surface area contributed by atoms with Crippen LogP contribution < -0.4 is 0 Å². The summed E-state index contributed by atoms with van der Waals surface area (Å²) in [6.07, 6.45) is 9.71. The van der Waals surface area contributed by atoms with Crippen LogP contribution in [-0.4, -0.2) is 50.3 Å². The Labute approximate surface area is 201 Å². The molecule has 1 saturated heterocycles. The van der Waals surface area contributed by atoms with Crippen molar-refractivity contribution < 1.29 is 38.1 Å². The molecule has 4 rings (SSSR count). The molecule has 0 saturated carbocycles. The number of hydrogen-bond acceptors (Lipinski definition) is 8. The lowest BCUT2D eigenvalue weighted by atomic mass is 10.1. The minimum absolute atomic E-state index is 0.148. The van der Waals surface area contributed by atoms with E-state index in [4.69, 9.17) is 18.9 Å². The first-order valence-electron chi connectivity index (χ1n) is 12.3. The van der Waals surface area contributed by atoms with Crippen LogP contribution in [0.15, 0.2) is 24.3 Å². The lowest BCUT2D eigenvalue weighted by Gasteiger charge is -2.08. The molecule has 2 bridgehead atoms. The molecular formula is C26H36O8. The van der Waals surface area contributed by atoms with E-state index in [1.54, 1.807) is 24.3 Å². The zero-order valence-electron chi connectivity index (χ0n) is 19.9. The van der Waals surface area contributed by atoms with Gasteiger partial charge in [-0.2, -0.15) is 0 Å². The number of rotatable bonds is 0. The molecule has 0 aliphatic carbocycles. The lowest BCUT2D eigenvalue weighted by molar-refractivity contribution is -0.146. The fourth-order valence-corrected chi connectivity index (χ4v) is 3.41. The monoisotopic (exact) mass is 476 g/mol. The predicted octanol–water partition coefficient (Wildman–Crippen LogP) is 4.78.